The van der Waals surface area contributed by atoms with Gasteiger partial charge in [0.25, 0.3) is 5.91 Å². The van der Waals surface area contributed by atoms with Crippen molar-refractivity contribution in [3.8, 4) is 11.3 Å². The molecule has 1 aliphatic heterocycles. The van der Waals surface area contributed by atoms with E-state index >= 15 is 0 Å². The first kappa shape index (κ1) is 20.2. The van der Waals surface area contributed by atoms with Crippen LogP contribution in [0.4, 0.5) is 5.69 Å². The molecule has 0 radical (unpaired) electrons. The van der Waals surface area contributed by atoms with E-state index < -0.39 is 23.5 Å². The Morgan fingerprint density at radius 1 is 1.09 bits per heavy atom. The maximum Gasteiger partial charge on any atom is 0.294 e. The van der Waals surface area contributed by atoms with Crippen molar-refractivity contribution in [1.29, 1.82) is 0 Å². The molecule has 0 bridgehead atoms. The van der Waals surface area contributed by atoms with Crippen molar-refractivity contribution in [2.75, 3.05) is 4.90 Å². The second kappa shape index (κ2) is 8.11. The molecule has 1 aromatic carbocycles. The topological polar surface area (TPSA) is 110 Å². The number of carbonyl (C=O) groups excluding carboxylic acids is 2. The SMILES string of the molecule is Cc1cc(C(=O)C2=C(O)C(=O)N(c3ccc(-c4ccon4)cc3)C2C2CCCCC2)no1. The number of aliphatic hydroxyl groups excluding tert-OH is 1. The summed E-state index contributed by atoms with van der Waals surface area (Å²) in [6.07, 6.45) is 6.45. The van der Waals surface area contributed by atoms with E-state index in [9.17, 15) is 14.7 Å². The molecule has 164 valence electrons. The Bertz CT molecular complexity index is 1170. The zero-order valence-electron chi connectivity index (χ0n) is 17.7. The quantitative estimate of drug-likeness (QED) is 0.584. The zero-order valence-corrected chi connectivity index (χ0v) is 17.7. The van der Waals surface area contributed by atoms with Gasteiger partial charge in [0, 0.05) is 23.4 Å². The molecule has 8 heteroatoms. The fraction of sp³-hybridized carbons (Fsp3) is 0.333. The zero-order chi connectivity index (χ0) is 22.2. The molecule has 1 atom stereocenters. The Kier molecular flexibility index (Phi) is 5.13. The normalized spacial score (nSPS) is 19.7. The van der Waals surface area contributed by atoms with Crippen molar-refractivity contribution >= 4 is 17.4 Å². The fourth-order valence-corrected chi connectivity index (χ4v) is 4.81. The summed E-state index contributed by atoms with van der Waals surface area (Å²) in [5.74, 6) is -0.984. The van der Waals surface area contributed by atoms with Crippen LogP contribution in [0.5, 0.6) is 0 Å². The summed E-state index contributed by atoms with van der Waals surface area (Å²) in [4.78, 5) is 28.1. The molecular weight excluding hydrogens is 410 g/mol. The van der Waals surface area contributed by atoms with Gasteiger partial charge in [-0.3, -0.25) is 14.5 Å². The van der Waals surface area contributed by atoms with Crippen molar-refractivity contribution in [3.63, 3.8) is 0 Å². The number of aryl methyl sites for hydroxylation is 1. The standard InChI is InChI=1S/C24H23N3O5/c1-14-13-19(26-32-14)22(28)20-21(16-5-3-2-4-6-16)27(24(30)23(20)29)17-9-7-15(8-10-17)18-11-12-31-25-18/h7-13,16,21,29H,2-6H2,1H3. The van der Waals surface area contributed by atoms with E-state index in [0.29, 0.717) is 17.1 Å². The number of aromatic nitrogens is 2. The molecule has 5 rings (SSSR count). The van der Waals surface area contributed by atoms with Gasteiger partial charge >= 0.3 is 0 Å². The molecule has 2 aromatic heterocycles. The maximum absolute atomic E-state index is 13.3. The summed E-state index contributed by atoms with van der Waals surface area (Å²) in [5, 5.41) is 18.6. The third-order valence-electron chi connectivity index (χ3n) is 6.33. The molecule has 1 unspecified atom stereocenters. The highest BCUT2D eigenvalue weighted by Crippen LogP contribution is 2.41. The Labute approximate surface area is 184 Å². The van der Waals surface area contributed by atoms with Crippen molar-refractivity contribution in [2.45, 2.75) is 45.1 Å². The van der Waals surface area contributed by atoms with Crippen LogP contribution in [0.25, 0.3) is 11.3 Å². The van der Waals surface area contributed by atoms with Crippen LogP contribution in [-0.2, 0) is 4.79 Å². The third-order valence-corrected chi connectivity index (χ3v) is 6.33. The Morgan fingerprint density at radius 3 is 2.47 bits per heavy atom. The number of benzene rings is 1. The van der Waals surface area contributed by atoms with E-state index in [2.05, 4.69) is 10.3 Å². The van der Waals surface area contributed by atoms with Gasteiger partial charge < -0.3 is 14.2 Å². The lowest BCUT2D eigenvalue weighted by molar-refractivity contribution is -0.117. The number of hydrogen-bond donors (Lipinski definition) is 1. The summed E-state index contributed by atoms with van der Waals surface area (Å²) in [5.41, 5.74) is 2.35. The number of hydrogen-bond acceptors (Lipinski definition) is 7. The number of Topliss-reactive ketones (excluding diaryl/α,β-unsaturated/α-hetero) is 1. The minimum atomic E-state index is -0.571. The van der Waals surface area contributed by atoms with E-state index in [1.807, 2.05) is 12.1 Å². The first-order valence-corrected chi connectivity index (χ1v) is 10.8. The second-order valence-electron chi connectivity index (χ2n) is 8.36. The van der Waals surface area contributed by atoms with Crippen LogP contribution in [0.2, 0.25) is 0 Å². The lowest BCUT2D eigenvalue weighted by atomic mass is 9.79. The van der Waals surface area contributed by atoms with Gasteiger partial charge in [-0.15, -0.1) is 0 Å². The number of amides is 1. The van der Waals surface area contributed by atoms with E-state index in [-0.39, 0.29) is 17.2 Å². The molecule has 0 saturated heterocycles. The molecule has 32 heavy (non-hydrogen) atoms. The van der Waals surface area contributed by atoms with Crippen LogP contribution in [0.3, 0.4) is 0 Å². The molecule has 8 nitrogen and oxygen atoms in total. The van der Waals surface area contributed by atoms with Crippen LogP contribution in [-0.4, -0.2) is 33.2 Å². The van der Waals surface area contributed by atoms with Crippen LogP contribution in [0, 0.1) is 12.8 Å². The Hall–Kier alpha value is -3.68. The van der Waals surface area contributed by atoms with Gasteiger partial charge in [-0.25, -0.2) is 0 Å². The van der Waals surface area contributed by atoms with Crippen molar-refractivity contribution < 1.29 is 23.7 Å². The van der Waals surface area contributed by atoms with Gasteiger partial charge in [0.15, 0.2) is 11.5 Å². The molecule has 1 aliphatic carbocycles. The van der Waals surface area contributed by atoms with Gasteiger partial charge in [-0.05, 0) is 37.8 Å². The average molecular weight is 433 g/mol. The lowest BCUT2D eigenvalue weighted by Crippen LogP contribution is -2.42. The first-order valence-electron chi connectivity index (χ1n) is 10.8. The van der Waals surface area contributed by atoms with Crippen LogP contribution >= 0.6 is 0 Å². The summed E-state index contributed by atoms with van der Waals surface area (Å²) < 4.78 is 9.97. The molecule has 1 N–H and O–H groups in total. The van der Waals surface area contributed by atoms with E-state index in [1.165, 1.54) is 12.3 Å². The molecule has 3 heterocycles. The van der Waals surface area contributed by atoms with Crippen LogP contribution in [0.15, 0.2) is 63.0 Å². The minimum absolute atomic E-state index is 0.0690. The average Bonchev–Trinajstić information content (AvgIpc) is 3.55. The monoisotopic (exact) mass is 433 g/mol. The minimum Gasteiger partial charge on any atom is -0.503 e. The maximum atomic E-state index is 13.3. The molecule has 1 fully saturated rings. The highest BCUT2D eigenvalue weighted by Gasteiger charge is 2.47. The summed E-state index contributed by atoms with van der Waals surface area (Å²) in [6, 6.07) is 10.0. The van der Waals surface area contributed by atoms with E-state index in [1.54, 1.807) is 30.0 Å². The molecule has 1 amide bonds. The number of nitrogens with zero attached hydrogens (tertiary/aromatic N) is 3. The molecule has 2 aliphatic rings. The van der Waals surface area contributed by atoms with Gasteiger partial charge in [-0.1, -0.05) is 41.7 Å². The predicted octanol–water partition coefficient (Wildman–Crippen LogP) is 4.63. The third kappa shape index (κ3) is 3.41. The van der Waals surface area contributed by atoms with Crippen LogP contribution < -0.4 is 4.90 Å². The van der Waals surface area contributed by atoms with Gasteiger partial charge in [0.05, 0.1) is 11.6 Å². The number of anilines is 1. The second-order valence-corrected chi connectivity index (χ2v) is 8.36. The van der Waals surface area contributed by atoms with Crippen molar-refractivity contribution in [1.82, 2.24) is 10.3 Å². The lowest BCUT2D eigenvalue weighted by Gasteiger charge is -2.35. The Balaban J connectivity index is 1.54. The highest BCUT2D eigenvalue weighted by atomic mass is 16.5. The smallest absolute Gasteiger partial charge is 0.294 e. The van der Waals surface area contributed by atoms with E-state index in [0.717, 1.165) is 37.7 Å². The molecule has 1 saturated carbocycles. The van der Waals surface area contributed by atoms with Crippen LogP contribution in [0.1, 0.15) is 48.4 Å². The molecular formula is C24H23N3O5. The van der Waals surface area contributed by atoms with Gasteiger partial charge in [-0.2, -0.15) is 0 Å². The molecule has 0 spiro atoms. The number of aliphatic hydroxyl groups is 1. The summed E-state index contributed by atoms with van der Waals surface area (Å²) in [6.45, 7) is 1.69. The number of rotatable bonds is 5. The van der Waals surface area contributed by atoms with Gasteiger partial charge in [0.1, 0.15) is 17.7 Å². The predicted molar refractivity (Wildman–Crippen MR) is 115 cm³/mol. The van der Waals surface area contributed by atoms with Crippen molar-refractivity contribution in [2.24, 2.45) is 5.92 Å². The van der Waals surface area contributed by atoms with Gasteiger partial charge in [0.2, 0.25) is 5.78 Å². The summed E-state index contributed by atoms with van der Waals surface area (Å²) in [7, 11) is 0. The Morgan fingerprint density at radius 2 is 1.84 bits per heavy atom. The fourth-order valence-electron chi connectivity index (χ4n) is 4.81. The first-order chi connectivity index (χ1) is 15.5. The number of carbonyl (C=O) groups is 2. The number of ketones is 1. The van der Waals surface area contributed by atoms with E-state index in [4.69, 9.17) is 9.05 Å². The molecule has 3 aromatic rings. The highest BCUT2D eigenvalue weighted by molar-refractivity contribution is 6.20. The van der Waals surface area contributed by atoms with Crippen molar-refractivity contribution in [3.05, 3.63) is 65.4 Å². The summed E-state index contributed by atoms with van der Waals surface area (Å²) >= 11 is 0. The largest absolute Gasteiger partial charge is 0.503 e.